The van der Waals surface area contributed by atoms with Crippen molar-refractivity contribution in [3.8, 4) is 0 Å². The molecule has 0 fully saturated rings. The fourth-order valence-corrected chi connectivity index (χ4v) is 1.94. The molecule has 0 aromatic heterocycles. The van der Waals surface area contributed by atoms with Crippen LogP contribution in [0.2, 0.25) is 0 Å². The van der Waals surface area contributed by atoms with Crippen LogP contribution in [0.3, 0.4) is 0 Å². The van der Waals surface area contributed by atoms with Crippen molar-refractivity contribution >= 4 is 5.91 Å². The molecule has 0 aromatic rings. The molecule has 3 nitrogen and oxygen atoms in total. The minimum atomic E-state index is -0.510. The van der Waals surface area contributed by atoms with E-state index in [4.69, 9.17) is 10.8 Å². The van der Waals surface area contributed by atoms with Crippen LogP contribution in [0.25, 0.3) is 0 Å². The number of rotatable bonds is 3. The van der Waals surface area contributed by atoms with Crippen LogP contribution >= 0.6 is 0 Å². The van der Waals surface area contributed by atoms with Crippen molar-refractivity contribution in [2.75, 3.05) is 6.61 Å². The summed E-state index contributed by atoms with van der Waals surface area (Å²) in [5.41, 5.74) is 4.88. The van der Waals surface area contributed by atoms with Gasteiger partial charge in [0, 0.05) is 6.61 Å². The van der Waals surface area contributed by atoms with Crippen LogP contribution in [0.15, 0.2) is 12.2 Å². The molecule has 0 heterocycles. The monoisotopic (exact) mass is 183 g/mol. The van der Waals surface area contributed by atoms with Gasteiger partial charge in [-0.05, 0) is 25.2 Å². The number of aliphatic hydroxyl groups is 1. The molecule has 0 aliphatic heterocycles. The molecule has 0 spiro atoms. The number of aliphatic hydroxyl groups excluding tert-OH is 1. The second kappa shape index (κ2) is 3.92. The zero-order valence-corrected chi connectivity index (χ0v) is 7.99. The maximum Gasteiger partial charge on any atom is 0.224 e. The lowest BCUT2D eigenvalue weighted by molar-refractivity contribution is -0.132. The molecule has 0 radical (unpaired) electrons. The SMILES string of the molecule is C[C@H](CO)C1(C(N)=O)CC=CCC1. The normalized spacial score (nSPS) is 30.0. The van der Waals surface area contributed by atoms with Crippen LogP contribution in [0, 0.1) is 11.3 Å². The number of primary amides is 1. The third-order valence-electron chi connectivity index (χ3n) is 3.11. The minimum Gasteiger partial charge on any atom is -0.396 e. The molecule has 1 amide bonds. The molecule has 0 saturated heterocycles. The third kappa shape index (κ3) is 1.75. The molecular formula is C10H17NO2. The molecule has 0 aromatic carbocycles. The van der Waals surface area contributed by atoms with Crippen LogP contribution in [-0.2, 0) is 4.79 Å². The second-order valence-electron chi connectivity index (χ2n) is 3.82. The Hall–Kier alpha value is -0.830. The summed E-state index contributed by atoms with van der Waals surface area (Å²) in [5.74, 6) is -0.326. The Bertz CT molecular complexity index is 225. The molecule has 74 valence electrons. The summed E-state index contributed by atoms with van der Waals surface area (Å²) in [5, 5.41) is 9.07. The highest BCUT2D eigenvalue weighted by Crippen LogP contribution is 2.39. The van der Waals surface area contributed by atoms with Gasteiger partial charge in [0.2, 0.25) is 5.91 Å². The van der Waals surface area contributed by atoms with Crippen molar-refractivity contribution in [2.45, 2.75) is 26.2 Å². The fraction of sp³-hybridized carbons (Fsp3) is 0.700. The van der Waals surface area contributed by atoms with Crippen LogP contribution in [0.5, 0.6) is 0 Å². The summed E-state index contributed by atoms with van der Waals surface area (Å²) in [6.07, 6.45) is 6.36. The first-order valence-electron chi connectivity index (χ1n) is 4.69. The Balaban J connectivity index is 2.87. The molecule has 13 heavy (non-hydrogen) atoms. The van der Waals surface area contributed by atoms with E-state index in [2.05, 4.69) is 6.08 Å². The van der Waals surface area contributed by atoms with E-state index in [-0.39, 0.29) is 18.4 Å². The molecule has 1 rings (SSSR count). The molecule has 1 aliphatic carbocycles. The fourth-order valence-electron chi connectivity index (χ4n) is 1.94. The molecule has 0 bridgehead atoms. The summed E-state index contributed by atoms with van der Waals surface area (Å²) in [6, 6.07) is 0. The van der Waals surface area contributed by atoms with E-state index < -0.39 is 5.41 Å². The second-order valence-corrected chi connectivity index (χ2v) is 3.82. The van der Waals surface area contributed by atoms with Crippen LogP contribution in [-0.4, -0.2) is 17.6 Å². The Kier molecular flexibility index (Phi) is 3.09. The number of carbonyl (C=O) groups is 1. The van der Waals surface area contributed by atoms with Gasteiger partial charge in [0.25, 0.3) is 0 Å². The first-order chi connectivity index (χ1) is 6.13. The van der Waals surface area contributed by atoms with Gasteiger partial charge >= 0.3 is 0 Å². The smallest absolute Gasteiger partial charge is 0.224 e. The molecule has 1 unspecified atom stereocenters. The van der Waals surface area contributed by atoms with Crippen molar-refractivity contribution in [2.24, 2.45) is 17.1 Å². The quantitative estimate of drug-likeness (QED) is 0.636. The number of hydrogen-bond acceptors (Lipinski definition) is 2. The van der Waals surface area contributed by atoms with Crippen molar-refractivity contribution in [1.82, 2.24) is 0 Å². The first-order valence-corrected chi connectivity index (χ1v) is 4.69. The van der Waals surface area contributed by atoms with Crippen LogP contribution in [0.4, 0.5) is 0 Å². The molecule has 0 saturated carbocycles. The molecule has 2 atom stereocenters. The highest BCUT2D eigenvalue weighted by atomic mass is 16.3. The predicted octanol–water partition coefficient (Wildman–Crippen LogP) is 0.827. The van der Waals surface area contributed by atoms with Gasteiger partial charge in [-0.15, -0.1) is 0 Å². The van der Waals surface area contributed by atoms with Gasteiger partial charge in [-0.1, -0.05) is 19.1 Å². The highest BCUT2D eigenvalue weighted by Gasteiger charge is 2.40. The van der Waals surface area contributed by atoms with Gasteiger partial charge in [-0.2, -0.15) is 0 Å². The van der Waals surface area contributed by atoms with Gasteiger partial charge in [-0.25, -0.2) is 0 Å². The van der Waals surface area contributed by atoms with E-state index in [0.717, 1.165) is 12.8 Å². The van der Waals surface area contributed by atoms with Crippen molar-refractivity contribution in [1.29, 1.82) is 0 Å². The maximum atomic E-state index is 11.4. The summed E-state index contributed by atoms with van der Waals surface area (Å²) in [4.78, 5) is 11.4. The minimum absolute atomic E-state index is 0.0246. The lowest BCUT2D eigenvalue weighted by atomic mass is 9.68. The van der Waals surface area contributed by atoms with Gasteiger partial charge in [0.05, 0.1) is 5.41 Å². The first kappa shape index (κ1) is 10.3. The van der Waals surface area contributed by atoms with E-state index in [0.29, 0.717) is 6.42 Å². The lowest BCUT2D eigenvalue weighted by Gasteiger charge is -2.36. The van der Waals surface area contributed by atoms with Crippen LogP contribution in [0.1, 0.15) is 26.2 Å². The maximum absolute atomic E-state index is 11.4. The topological polar surface area (TPSA) is 63.3 Å². The van der Waals surface area contributed by atoms with E-state index in [1.165, 1.54) is 0 Å². The number of allylic oxidation sites excluding steroid dienone is 2. The zero-order valence-electron chi connectivity index (χ0n) is 7.99. The average molecular weight is 183 g/mol. The van der Waals surface area contributed by atoms with Gasteiger partial charge in [0.15, 0.2) is 0 Å². The van der Waals surface area contributed by atoms with Crippen molar-refractivity contribution in [3.05, 3.63) is 12.2 Å². The van der Waals surface area contributed by atoms with Gasteiger partial charge < -0.3 is 10.8 Å². The van der Waals surface area contributed by atoms with E-state index in [1.807, 2.05) is 13.0 Å². The summed E-state index contributed by atoms with van der Waals surface area (Å²) >= 11 is 0. The number of hydrogen-bond donors (Lipinski definition) is 2. The third-order valence-corrected chi connectivity index (χ3v) is 3.11. The highest BCUT2D eigenvalue weighted by molar-refractivity contribution is 5.81. The summed E-state index contributed by atoms with van der Waals surface area (Å²) in [6.45, 7) is 1.90. The molecule has 1 aliphatic rings. The number of nitrogens with two attached hydrogens (primary N) is 1. The standard InChI is InChI=1S/C10H17NO2/c1-8(7-12)10(9(11)13)5-3-2-4-6-10/h2-3,8,12H,4-7H2,1H3,(H2,11,13)/t8-,10?/m1/s1. The van der Waals surface area contributed by atoms with Gasteiger partial charge in [-0.3, -0.25) is 4.79 Å². The van der Waals surface area contributed by atoms with E-state index >= 15 is 0 Å². The lowest BCUT2D eigenvalue weighted by Crippen LogP contribution is -2.44. The predicted molar refractivity (Wildman–Crippen MR) is 50.9 cm³/mol. The summed E-state index contributed by atoms with van der Waals surface area (Å²) in [7, 11) is 0. The summed E-state index contributed by atoms with van der Waals surface area (Å²) < 4.78 is 0. The van der Waals surface area contributed by atoms with E-state index in [9.17, 15) is 4.79 Å². The Morgan fingerprint density at radius 1 is 1.69 bits per heavy atom. The number of amides is 1. The Labute approximate surface area is 78.6 Å². The molecule has 3 N–H and O–H groups in total. The molecule has 3 heteroatoms. The van der Waals surface area contributed by atoms with Crippen LogP contribution < -0.4 is 5.73 Å². The molecular weight excluding hydrogens is 166 g/mol. The number of carbonyl (C=O) groups excluding carboxylic acids is 1. The van der Waals surface area contributed by atoms with E-state index in [1.54, 1.807) is 0 Å². The van der Waals surface area contributed by atoms with Gasteiger partial charge in [0.1, 0.15) is 0 Å². The Morgan fingerprint density at radius 2 is 2.38 bits per heavy atom. The van der Waals surface area contributed by atoms with Crippen molar-refractivity contribution < 1.29 is 9.90 Å². The average Bonchev–Trinajstić information content (AvgIpc) is 2.17. The largest absolute Gasteiger partial charge is 0.396 e. The Morgan fingerprint density at radius 3 is 2.77 bits per heavy atom. The van der Waals surface area contributed by atoms with Crippen molar-refractivity contribution in [3.63, 3.8) is 0 Å². The zero-order chi connectivity index (χ0) is 9.90.